The molecule has 0 atom stereocenters. The topological polar surface area (TPSA) is 44.8 Å². The molecule has 37 heavy (non-hydrogen) atoms. The first-order valence-corrected chi connectivity index (χ1v) is 13.7. The summed E-state index contributed by atoms with van der Waals surface area (Å²) in [4.78, 5) is 0. The van der Waals surface area contributed by atoms with Gasteiger partial charge in [-0.1, -0.05) is 64.2 Å². The Bertz CT molecular complexity index is 1470. The van der Waals surface area contributed by atoms with Gasteiger partial charge in [0, 0.05) is 15.9 Å². The van der Waals surface area contributed by atoms with Gasteiger partial charge in [-0.3, -0.25) is 0 Å². The zero-order chi connectivity index (χ0) is 26.5. The number of alkyl halides is 2. The van der Waals surface area contributed by atoms with Gasteiger partial charge in [0.05, 0.1) is 5.02 Å². The van der Waals surface area contributed by atoms with Crippen molar-refractivity contribution in [3.63, 3.8) is 0 Å². The van der Waals surface area contributed by atoms with Crippen LogP contribution in [0.2, 0.25) is 5.02 Å². The molecule has 4 aromatic rings. The molecule has 0 aromatic heterocycles. The summed E-state index contributed by atoms with van der Waals surface area (Å²) in [5.74, 6) is -0.463. The van der Waals surface area contributed by atoms with Gasteiger partial charge in [0.15, 0.2) is 18.6 Å². The van der Waals surface area contributed by atoms with Crippen LogP contribution in [0, 0.1) is 27.7 Å². The first-order valence-electron chi connectivity index (χ1n) is 11.6. The predicted octanol–water partition coefficient (Wildman–Crippen LogP) is 7.33. The summed E-state index contributed by atoms with van der Waals surface area (Å²) in [6.45, 7) is 7.64. The van der Waals surface area contributed by atoms with Gasteiger partial charge in [0.2, 0.25) is 5.75 Å². The maximum Gasteiger partial charge on any atom is 0.586 e. The van der Waals surface area contributed by atoms with Gasteiger partial charge in [-0.2, -0.15) is 0 Å². The average molecular weight is 541 g/mol. The molecule has 1 aliphatic rings. The van der Waals surface area contributed by atoms with Crippen molar-refractivity contribution < 1.29 is 27.6 Å². The van der Waals surface area contributed by atoms with Gasteiger partial charge in [0.25, 0.3) is 0 Å². The van der Waals surface area contributed by atoms with Gasteiger partial charge in [0.1, 0.15) is 5.75 Å². The molecule has 0 radical (unpaired) electrons. The summed E-state index contributed by atoms with van der Waals surface area (Å²) >= 11 is 6.73. The van der Waals surface area contributed by atoms with E-state index < -0.39 is 19.2 Å². The van der Waals surface area contributed by atoms with Gasteiger partial charge in [-0.25, -0.2) is 0 Å². The first kappa shape index (κ1) is 25.3. The largest absolute Gasteiger partial charge is 0.586 e. The Kier molecular flexibility index (Phi) is 6.29. The number of aryl methyl sites for hydroxylation is 4. The zero-order valence-electron chi connectivity index (χ0n) is 20.6. The minimum Gasteiger partial charge on any atom is -0.453 e. The van der Waals surface area contributed by atoms with Crippen LogP contribution < -0.4 is 30.1 Å². The van der Waals surface area contributed by atoms with E-state index in [0.717, 1.165) is 22.3 Å². The summed E-state index contributed by atoms with van der Waals surface area (Å²) in [6, 6.07) is 21.3. The summed E-state index contributed by atoms with van der Waals surface area (Å²) < 4.78 is 59.5. The van der Waals surface area contributed by atoms with Crippen LogP contribution in [0.4, 0.5) is 8.78 Å². The highest BCUT2D eigenvalue weighted by Gasteiger charge is 2.49. The first-order chi connectivity index (χ1) is 17.5. The van der Waals surface area contributed by atoms with Crippen molar-refractivity contribution in [1.29, 1.82) is 0 Å². The molecule has 8 heteroatoms. The highest BCUT2D eigenvalue weighted by atomic mass is 35.5. The van der Waals surface area contributed by atoms with E-state index in [1.54, 1.807) is 30.3 Å². The van der Waals surface area contributed by atoms with Crippen LogP contribution in [0.3, 0.4) is 0 Å². The van der Waals surface area contributed by atoms with Crippen molar-refractivity contribution in [2.24, 2.45) is 0 Å². The number of halogens is 3. The monoisotopic (exact) mass is 540 g/mol. The van der Waals surface area contributed by atoms with Crippen LogP contribution in [0.25, 0.3) is 0 Å². The Morgan fingerprint density at radius 1 is 0.757 bits per heavy atom. The molecule has 0 saturated carbocycles. The third kappa shape index (κ3) is 4.72. The van der Waals surface area contributed by atoms with Crippen LogP contribution in [0.15, 0.2) is 72.8 Å². The second-order valence-electron chi connectivity index (χ2n) is 9.25. The van der Waals surface area contributed by atoms with Crippen LogP contribution in [-0.4, -0.2) is 6.29 Å². The number of fused-ring (bicyclic) bond motifs is 1. The molecule has 0 unspecified atom stereocenters. The normalized spacial score (nSPS) is 14.0. The average Bonchev–Trinajstić information content (AvgIpc) is 3.16. The van der Waals surface area contributed by atoms with Gasteiger partial charge < -0.3 is 18.8 Å². The molecule has 0 N–H and O–H groups in total. The number of benzene rings is 4. The van der Waals surface area contributed by atoms with E-state index in [9.17, 15) is 8.78 Å². The van der Waals surface area contributed by atoms with Crippen molar-refractivity contribution in [3.05, 3.63) is 100 Å². The number of hydrogen-bond donors (Lipinski definition) is 0. The molecule has 0 amide bonds. The summed E-state index contributed by atoms with van der Waals surface area (Å²) in [7, 11) is -3.72. The van der Waals surface area contributed by atoms with Crippen molar-refractivity contribution in [1.82, 2.24) is 0 Å². The number of ether oxygens (including phenoxy) is 3. The van der Waals surface area contributed by atoms with Crippen molar-refractivity contribution >= 4 is 34.7 Å². The molecule has 0 bridgehead atoms. The lowest BCUT2D eigenvalue weighted by atomic mass is 10.2. The van der Waals surface area contributed by atoms with Gasteiger partial charge in [-0.05, 0) is 70.2 Å². The van der Waals surface area contributed by atoms with E-state index >= 15 is 4.57 Å². The molecule has 0 fully saturated rings. The second-order valence-corrected chi connectivity index (χ2v) is 12.4. The zero-order valence-corrected chi connectivity index (χ0v) is 22.3. The predicted molar refractivity (Wildman–Crippen MR) is 143 cm³/mol. The lowest BCUT2D eigenvalue weighted by molar-refractivity contribution is -0.287. The molecule has 190 valence electrons. The fourth-order valence-corrected chi connectivity index (χ4v) is 8.25. The summed E-state index contributed by atoms with van der Waals surface area (Å²) in [5.41, 5.74) is 3.63. The maximum absolute atomic E-state index is 15.4. The Hall–Kier alpha value is -3.34. The Balaban J connectivity index is 1.84. The van der Waals surface area contributed by atoms with Crippen LogP contribution in [0.5, 0.6) is 23.0 Å². The molecular weight excluding hydrogens is 517 g/mol. The van der Waals surface area contributed by atoms with Crippen molar-refractivity contribution in [2.75, 3.05) is 0 Å². The Morgan fingerprint density at radius 3 is 1.76 bits per heavy atom. The minimum atomic E-state index is -3.96. The van der Waals surface area contributed by atoms with Gasteiger partial charge >= 0.3 is 6.29 Å². The standard InChI is InChI=1S/C29H24ClF2O4P/c1-17-10-18(2)13-22(12-17)37(33,23-14-19(3)11-20(4)15-23)25-16-24(34-21-8-6-5-7-9-21)27-28(26(25)30)36-29(31,32)35-27/h5-16H,1-4H3. The highest BCUT2D eigenvalue weighted by Crippen LogP contribution is 2.56. The van der Waals surface area contributed by atoms with Crippen LogP contribution in [-0.2, 0) is 4.57 Å². The third-order valence-electron chi connectivity index (χ3n) is 6.01. The SMILES string of the molecule is Cc1cc(C)cc(P(=O)(c2cc(C)cc(C)c2)c2cc(Oc3ccccc3)c3c(c2Cl)OC(F)(F)O3)c1. The van der Waals surface area contributed by atoms with Crippen LogP contribution in [0.1, 0.15) is 22.3 Å². The number of hydrogen-bond acceptors (Lipinski definition) is 4. The molecule has 4 nitrogen and oxygen atoms in total. The van der Waals surface area contributed by atoms with Gasteiger partial charge in [-0.15, -0.1) is 8.78 Å². The quantitative estimate of drug-likeness (QED) is 0.249. The van der Waals surface area contributed by atoms with Crippen molar-refractivity contribution in [2.45, 2.75) is 34.0 Å². The van der Waals surface area contributed by atoms with E-state index in [4.69, 9.17) is 25.8 Å². The summed E-state index contributed by atoms with van der Waals surface area (Å²) in [5, 5.41) is 0.950. The second kappa shape index (κ2) is 9.20. The van der Waals surface area contributed by atoms with E-state index in [1.165, 1.54) is 6.07 Å². The van der Waals surface area contributed by atoms with Crippen molar-refractivity contribution in [3.8, 4) is 23.0 Å². The van der Waals surface area contributed by atoms with E-state index in [2.05, 4.69) is 0 Å². The Morgan fingerprint density at radius 2 is 1.24 bits per heavy atom. The smallest absolute Gasteiger partial charge is 0.453 e. The van der Waals surface area contributed by atoms with E-state index in [0.29, 0.717) is 16.4 Å². The fourth-order valence-electron chi connectivity index (χ4n) is 4.64. The molecule has 5 rings (SSSR count). The fraction of sp³-hybridized carbons (Fsp3) is 0.172. The molecule has 0 aliphatic carbocycles. The number of rotatable bonds is 5. The molecule has 1 heterocycles. The lowest BCUT2D eigenvalue weighted by Crippen LogP contribution is -2.27. The molecular formula is C29H24ClF2O4P. The van der Waals surface area contributed by atoms with Crippen LogP contribution >= 0.6 is 18.7 Å². The molecule has 0 spiro atoms. The lowest BCUT2D eigenvalue weighted by Gasteiger charge is -2.24. The Labute approximate surface area is 219 Å². The maximum atomic E-state index is 15.4. The minimum absolute atomic E-state index is 0.0771. The number of para-hydroxylation sites is 1. The van der Waals surface area contributed by atoms with E-state index in [1.807, 2.05) is 64.1 Å². The molecule has 4 aromatic carbocycles. The summed E-state index contributed by atoms with van der Waals surface area (Å²) in [6.07, 6.45) is -3.96. The molecule has 1 aliphatic heterocycles. The molecule has 0 saturated heterocycles. The highest BCUT2D eigenvalue weighted by molar-refractivity contribution is 7.85. The van der Waals surface area contributed by atoms with E-state index in [-0.39, 0.29) is 21.8 Å². The third-order valence-corrected chi connectivity index (χ3v) is 9.52.